The fourth-order valence-electron chi connectivity index (χ4n) is 3.46. The van der Waals surface area contributed by atoms with Crippen LogP contribution >= 0.6 is 11.3 Å². The van der Waals surface area contributed by atoms with Crippen molar-refractivity contribution in [3.8, 4) is 0 Å². The van der Waals surface area contributed by atoms with E-state index in [1.54, 1.807) is 11.3 Å². The molecule has 2 heterocycles. The Bertz CT molecular complexity index is 434. The molecule has 0 aromatic carbocycles. The summed E-state index contributed by atoms with van der Waals surface area (Å²) in [5.41, 5.74) is 0. The Labute approximate surface area is 124 Å². The Balaban J connectivity index is 1.48. The number of amides is 1. The van der Waals surface area contributed by atoms with Crippen molar-refractivity contribution in [3.05, 3.63) is 16.6 Å². The lowest BCUT2D eigenvalue weighted by atomic mass is 9.85. The molecule has 1 aliphatic carbocycles. The molecule has 1 amide bonds. The summed E-state index contributed by atoms with van der Waals surface area (Å²) >= 11 is 1.65. The van der Waals surface area contributed by atoms with Crippen molar-refractivity contribution in [3.63, 3.8) is 0 Å². The minimum absolute atomic E-state index is 0.0200. The predicted octanol–water partition coefficient (Wildman–Crippen LogP) is 2.28. The Kier molecular flexibility index (Phi) is 4.36. The summed E-state index contributed by atoms with van der Waals surface area (Å²) in [6.07, 6.45) is 8.01. The second kappa shape index (κ2) is 6.22. The molecular weight excluding hydrogens is 270 g/mol. The first-order valence-electron chi connectivity index (χ1n) is 7.67. The Hall–Kier alpha value is -0.940. The van der Waals surface area contributed by atoms with Crippen molar-refractivity contribution in [2.45, 2.75) is 57.0 Å². The van der Waals surface area contributed by atoms with Crippen LogP contribution in [0.2, 0.25) is 0 Å². The molecule has 1 saturated carbocycles. The van der Waals surface area contributed by atoms with Gasteiger partial charge in [-0.15, -0.1) is 11.3 Å². The molecule has 4 atom stereocenters. The molecule has 4 unspecified atom stereocenters. The van der Waals surface area contributed by atoms with E-state index in [0.717, 1.165) is 17.3 Å². The van der Waals surface area contributed by atoms with Crippen LogP contribution in [0.3, 0.4) is 0 Å². The van der Waals surface area contributed by atoms with E-state index in [4.69, 9.17) is 0 Å². The van der Waals surface area contributed by atoms with Gasteiger partial charge in [0.2, 0.25) is 5.91 Å². The Morgan fingerprint density at radius 3 is 3.15 bits per heavy atom. The number of rotatable bonds is 4. The van der Waals surface area contributed by atoms with Gasteiger partial charge in [-0.1, -0.05) is 19.8 Å². The van der Waals surface area contributed by atoms with E-state index in [1.807, 2.05) is 11.6 Å². The molecule has 0 spiro atoms. The third-order valence-corrected chi connectivity index (χ3v) is 5.64. The number of carbonyl (C=O) groups is 1. The largest absolute Gasteiger partial charge is 0.354 e. The number of hydrogen-bond acceptors (Lipinski definition) is 4. The first-order chi connectivity index (χ1) is 9.74. The van der Waals surface area contributed by atoms with Crippen LogP contribution in [0.4, 0.5) is 0 Å². The topological polar surface area (TPSA) is 54.0 Å². The van der Waals surface area contributed by atoms with Gasteiger partial charge in [0.05, 0.1) is 11.0 Å². The number of hydrogen-bond donors (Lipinski definition) is 2. The van der Waals surface area contributed by atoms with Gasteiger partial charge in [-0.05, 0) is 25.2 Å². The average molecular weight is 293 g/mol. The normalized spacial score (nSPS) is 30.8. The van der Waals surface area contributed by atoms with Crippen LogP contribution < -0.4 is 10.6 Å². The van der Waals surface area contributed by atoms with Crippen molar-refractivity contribution in [1.82, 2.24) is 15.6 Å². The van der Waals surface area contributed by atoms with Crippen molar-refractivity contribution < 1.29 is 4.79 Å². The third-order valence-electron chi connectivity index (χ3n) is 4.63. The maximum atomic E-state index is 12.3. The van der Waals surface area contributed by atoms with Crippen molar-refractivity contribution in [2.75, 3.05) is 6.54 Å². The number of fused-ring (bicyclic) bond motifs is 1. The van der Waals surface area contributed by atoms with Gasteiger partial charge < -0.3 is 10.6 Å². The fraction of sp³-hybridized carbons (Fsp3) is 0.733. The second-order valence-corrected chi connectivity index (χ2v) is 7.05. The zero-order chi connectivity index (χ0) is 13.9. The minimum atomic E-state index is 0.0200. The summed E-state index contributed by atoms with van der Waals surface area (Å²) < 4.78 is 0. The van der Waals surface area contributed by atoms with Crippen LogP contribution in [0, 0.1) is 5.92 Å². The van der Waals surface area contributed by atoms with Gasteiger partial charge in [0, 0.05) is 30.1 Å². The zero-order valence-corrected chi connectivity index (χ0v) is 12.8. The average Bonchev–Trinajstić information content (AvgIpc) is 3.12. The van der Waals surface area contributed by atoms with Gasteiger partial charge in [-0.2, -0.15) is 0 Å². The van der Waals surface area contributed by atoms with Gasteiger partial charge in [-0.25, -0.2) is 4.98 Å². The number of nitrogens with one attached hydrogen (secondary N) is 2. The molecule has 20 heavy (non-hydrogen) atoms. The lowest BCUT2D eigenvalue weighted by molar-refractivity contribution is -0.122. The first-order valence-corrected chi connectivity index (χ1v) is 8.55. The highest BCUT2D eigenvalue weighted by molar-refractivity contribution is 7.09. The van der Waals surface area contributed by atoms with E-state index in [0.29, 0.717) is 18.5 Å². The second-order valence-electron chi connectivity index (χ2n) is 6.12. The molecule has 5 heteroatoms. The molecule has 2 aliphatic rings. The summed E-state index contributed by atoms with van der Waals surface area (Å²) in [5.74, 6) is 1.18. The third kappa shape index (κ3) is 3.04. The van der Waals surface area contributed by atoms with Crippen LogP contribution in [0.15, 0.2) is 11.6 Å². The molecule has 2 N–H and O–H groups in total. The van der Waals surface area contributed by atoms with Gasteiger partial charge in [-0.3, -0.25) is 4.79 Å². The number of nitrogens with zero attached hydrogens (tertiary/aromatic N) is 1. The summed E-state index contributed by atoms with van der Waals surface area (Å²) in [6, 6.07) is 0.600. The number of thiazole rings is 1. The van der Waals surface area contributed by atoms with E-state index in [2.05, 4.69) is 22.5 Å². The van der Waals surface area contributed by atoms with Gasteiger partial charge >= 0.3 is 0 Å². The maximum Gasteiger partial charge on any atom is 0.237 e. The van der Waals surface area contributed by atoms with Crippen LogP contribution in [0.25, 0.3) is 0 Å². The van der Waals surface area contributed by atoms with E-state index < -0.39 is 0 Å². The van der Waals surface area contributed by atoms with Crippen molar-refractivity contribution in [2.24, 2.45) is 5.92 Å². The van der Waals surface area contributed by atoms with E-state index in [1.165, 1.54) is 25.7 Å². The smallest absolute Gasteiger partial charge is 0.237 e. The lowest BCUT2D eigenvalue weighted by Crippen LogP contribution is -2.44. The van der Waals surface area contributed by atoms with Crippen LogP contribution in [-0.2, 0) is 4.79 Å². The first kappa shape index (κ1) is 14.0. The molecule has 1 aliphatic heterocycles. The van der Waals surface area contributed by atoms with E-state index in [9.17, 15) is 4.79 Å². The van der Waals surface area contributed by atoms with Gasteiger partial charge in [0.1, 0.15) is 0 Å². The highest BCUT2D eigenvalue weighted by Crippen LogP contribution is 2.33. The molecule has 1 aromatic rings. The maximum absolute atomic E-state index is 12.3. The summed E-state index contributed by atoms with van der Waals surface area (Å²) in [7, 11) is 0. The quantitative estimate of drug-likeness (QED) is 0.895. The molecule has 1 saturated heterocycles. The fourth-order valence-corrected chi connectivity index (χ4v) is 4.16. The molecule has 0 radical (unpaired) electrons. The van der Waals surface area contributed by atoms with Crippen LogP contribution in [0.1, 0.15) is 50.0 Å². The summed E-state index contributed by atoms with van der Waals surface area (Å²) in [4.78, 5) is 16.6. The van der Waals surface area contributed by atoms with Crippen molar-refractivity contribution in [1.29, 1.82) is 0 Å². The molecule has 2 fully saturated rings. The monoisotopic (exact) mass is 293 g/mol. The van der Waals surface area contributed by atoms with Gasteiger partial charge in [0.25, 0.3) is 0 Å². The Morgan fingerprint density at radius 2 is 2.40 bits per heavy atom. The minimum Gasteiger partial charge on any atom is -0.354 e. The molecule has 3 rings (SSSR count). The zero-order valence-electron chi connectivity index (χ0n) is 12.0. The van der Waals surface area contributed by atoms with Crippen LogP contribution in [0.5, 0.6) is 0 Å². The van der Waals surface area contributed by atoms with E-state index in [-0.39, 0.29) is 11.9 Å². The molecule has 1 aromatic heterocycles. The predicted molar refractivity (Wildman–Crippen MR) is 80.8 cm³/mol. The highest BCUT2D eigenvalue weighted by atomic mass is 32.1. The van der Waals surface area contributed by atoms with Crippen molar-refractivity contribution >= 4 is 17.2 Å². The molecular formula is C15H23N3OS. The number of carbonyl (C=O) groups excluding carboxylic acids is 1. The van der Waals surface area contributed by atoms with Crippen LogP contribution in [-0.4, -0.2) is 29.5 Å². The molecule has 0 bridgehead atoms. The molecule has 4 nitrogen and oxygen atoms in total. The molecule has 110 valence electrons. The lowest BCUT2D eigenvalue weighted by Gasteiger charge is -2.24. The standard InChI is InChI=1S/C15H23N3OS/c1-10(15-16-6-7-20-15)9-17-14(19)13-8-11-4-2-3-5-12(11)18-13/h6-7,10-13,18H,2-5,8-9H2,1H3,(H,17,19). The van der Waals surface area contributed by atoms with E-state index >= 15 is 0 Å². The number of aromatic nitrogens is 1. The SMILES string of the molecule is CC(CNC(=O)C1CC2CCCCC2N1)c1nccs1. The summed E-state index contributed by atoms with van der Waals surface area (Å²) in [5, 5.41) is 9.69. The highest BCUT2D eigenvalue weighted by Gasteiger charge is 2.38. The van der Waals surface area contributed by atoms with Gasteiger partial charge in [0.15, 0.2) is 0 Å². The summed E-state index contributed by atoms with van der Waals surface area (Å²) in [6.45, 7) is 2.79. The Morgan fingerprint density at radius 1 is 1.55 bits per heavy atom.